The fraction of sp³-hybridized carbons (Fsp3) is 0.500. The summed E-state index contributed by atoms with van der Waals surface area (Å²) >= 11 is 6.05. The van der Waals surface area contributed by atoms with Gasteiger partial charge in [0.1, 0.15) is 5.82 Å². The van der Waals surface area contributed by atoms with Gasteiger partial charge in [0.15, 0.2) is 0 Å². The minimum Gasteiger partial charge on any atom is -0.353 e. The van der Waals surface area contributed by atoms with Crippen molar-refractivity contribution in [3.8, 4) is 0 Å². The molecule has 1 aromatic heterocycles. The quantitative estimate of drug-likeness (QED) is 0.802. The van der Waals surface area contributed by atoms with Crippen LogP contribution in [0.25, 0.3) is 0 Å². The lowest BCUT2D eigenvalue weighted by molar-refractivity contribution is 0.387. The third-order valence-corrected chi connectivity index (χ3v) is 4.34. The molecule has 2 rings (SSSR count). The molecule has 0 aliphatic carbocycles. The van der Waals surface area contributed by atoms with E-state index in [2.05, 4.69) is 4.98 Å². The Balaban J connectivity index is 2.08. The fourth-order valence-corrected chi connectivity index (χ4v) is 2.91. The average Bonchev–Trinajstić information content (AvgIpc) is 2.29. The molecule has 0 radical (unpaired) electrons. The summed E-state index contributed by atoms with van der Waals surface area (Å²) in [6.07, 6.45) is 2.92. The van der Waals surface area contributed by atoms with Crippen molar-refractivity contribution in [2.24, 2.45) is 0 Å². The van der Waals surface area contributed by atoms with Gasteiger partial charge in [-0.05, 0) is 12.1 Å². The van der Waals surface area contributed by atoms with Crippen LogP contribution in [0, 0.1) is 0 Å². The molecular weight excluding hydrogens is 262 g/mol. The first-order valence-electron chi connectivity index (χ1n) is 5.29. The minimum absolute atomic E-state index is 0.478. The van der Waals surface area contributed by atoms with E-state index in [4.69, 9.17) is 11.6 Å². The summed E-state index contributed by atoms with van der Waals surface area (Å²) in [5, 5.41) is 0.598. The monoisotopic (exact) mass is 275 g/mol. The van der Waals surface area contributed by atoms with Gasteiger partial charge >= 0.3 is 0 Å². The van der Waals surface area contributed by atoms with E-state index < -0.39 is 10.0 Å². The first-order chi connectivity index (χ1) is 7.98. The third-order valence-electron chi connectivity index (χ3n) is 2.75. The molecule has 1 aliphatic rings. The van der Waals surface area contributed by atoms with Gasteiger partial charge in [-0.3, -0.25) is 0 Å². The zero-order chi connectivity index (χ0) is 12.5. The zero-order valence-corrected chi connectivity index (χ0v) is 11.1. The lowest BCUT2D eigenvalue weighted by Gasteiger charge is -2.34. The molecule has 94 valence electrons. The molecule has 0 saturated carbocycles. The van der Waals surface area contributed by atoms with Crippen molar-refractivity contribution in [2.45, 2.75) is 0 Å². The van der Waals surface area contributed by atoms with E-state index in [1.165, 1.54) is 10.6 Å². The standard InChI is InChI=1S/C10H14ClN3O2S/c1-17(15,16)14-7-5-13(6-8-14)10-9(11)3-2-4-12-10/h2-4H,5-8H2,1H3. The molecule has 0 spiro atoms. The van der Waals surface area contributed by atoms with Gasteiger partial charge in [-0.2, -0.15) is 4.31 Å². The normalized spacial score (nSPS) is 18.4. The van der Waals surface area contributed by atoms with E-state index in [-0.39, 0.29) is 0 Å². The Hall–Kier alpha value is -0.850. The number of hydrogen-bond acceptors (Lipinski definition) is 4. The Morgan fingerprint density at radius 1 is 1.29 bits per heavy atom. The maximum absolute atomic E-state index is 11.4. The maximum atomic E-state index is 11.4. The highest BCUT2D eigenvalue weighted by Gasteiger charge is 2.24. The van der Waals surface area contributed by atoms with Crippen molar-refractivity contribution < 1.29 is 8.42 Å². The predicted octanol–water partition coefficient (Wildman–Crippen LogP) is 0.817. The van der Waals surface area contributed by atoms with Crippen LogP contribution >= 0.6 is 11.6 Å². The number of anilines is 1. The SMILES string of the molecule is CS(=O)(=O)N1CCN(c2ncccc2Cl)CC1. The zero-order valence-electron chi connectivity index (χ0n) is 9.50. The van der Waals surface area contributed by atoms with E-state index in [1.807, 2.05) is 4.90 Å². The number of hydrogen-bond donors (Lipinski definition) is 0. The van der Waals surface area contributed by atoms with Crippen LogP contribution in [-0.2, 0) is 10.0 Å². The minimum atomic E-state index is -3.09. The van der Waals surface area contributed by atoms with E-state index in [0.29, 0.717) is 31.2 Å². The number of pyridine rings is 1. The predicted molar refractivity (Wildman–Crippen MR) is 67.9 cm³/mol. The van der Waals surface area contributed by atoms with Gasteiger partial charge in [0.25, 0.3) is 0 Å². The third kappa shape index (κ3) is 2.88. The highest BCUT2D eigenvalue weighted by molar-refractivity contribution is 7.88. The molecule has 1 fully saturated rings. The van der Waals surface area contributed by atoms with Crippen molar-refractivity contribution in [1.29, 1.82) is 0 Å². The van der Waals surface area contributed by atoms with Crippen LogP contribution in [-0.4, -0.2) is 50.1 Å². The molecule has 0 aromatic carbocycles. The number of aromatic nitrogens is 1. The topological polar surface area (TPSA) is 53.5 Å². The second kappa shape index (κ2) is 4.80. The number of sulfonamides is 1. The van der Waals surface area contributed by atoms with Crippen molar-refractivity contribution in [2.75, 3.05) is 37.3 Å². The number of piperazine rings is 1. The molecule has 1 aromatic rings. The Kier molecular flexibility index (Phi) is 3.56. The molecule has 1 saturated heterocycles. The second-order valence-corrected chi connectivity index (χ2v) is 6.35. The van der Waals surface area contributed by atoms with Crippen LogP contribution in [0.2, 0.25) is 5.02 Å². The van der Waals surface area contributed by atoms with E-state index in [0.717, 1.165) is 5.82 Å². The molecule has 0 amide bonds. The van der Waals surface area contributed by atoms with Crippen LogP contribution in [0.4, 0.5) is 5.82 Å². The average molecular weight is 276 g/mol. The maximum Gasteiger partial charge on any atom is 0.211 e. The summed E-state index contributed by atoms with van der Waals surface area (Å²) in [4.78, 5) is 6.22. The second-order valence-electron chi connectivity index (χ2n) is 3.96. The van der Waals surface area contributed by atoms with Gasteiger partial charge < -0.3 is 4.90 Å². The summed E-state index contributed by atoms with van der Waals surface area (Å²) in [5.74, 6) is 0.724. The van der Waals surface area contributed by atoms with E-state index >= 15 is 0 Å². The van der Waals surface area contributed by atoms with Gasteiger partial charge in [-0.25, -0.2) is 13.4 Å². The Labute approximate surface area is 106 Å². The Morgan fingerprint density at radius 3 is 2.47 bits per heavy atom. The molecule has 0 N–H and O–H groups in total. The van der Waals surface area contributed by atoms with Gasteiger partial charge in [0.05, 0.1) is 11.3 Å². The highest BCUT2D eigenvalue weighted by Crippen LogP contribution is 2.23. The molecule has 0 unspecified atom stereocenters. The van der Waals surface area contributed by atoms with Gasteiger partial charge in [0, 0.05) is 32.4 Å². The molecular formula is C10H14ClN3O2S. The summed E-state index contributed by atoms with van der Waals surface area (Å²) in [7, 11) is -3.09. The van der Waals surface area contributed by atoms with E-state index in [1.54, 1.807) is 18.3 Å². The first kappa shape index (κ1) is 12.6. The van der Waals surface area contributed by atoms with Crippen molar-refractivity contribution in [3.05, 3.63) is 23.4 Å². The van der Waals surface area contributed by atoms with Gasteiger partial charge in [-0.15, -0.1) is 0 Å². The van der Waals surface area contributed by atoms with E-state index in [9.17, 15) is 8.42 Å². The highest BCUT2D eigenvalue weighted by atomic mass is 35.5. The van der Waals surface area contributed by atoms with Crippen LogP contribution in [0.1, 0.15) is 0 Å². The molecule has 2 heterocycles. The lowest BCUT2D eigenvalue weighted by Crippen LogP contribution is -2.48. The van der Waals surface area contributed by atoms with Crippen molar-refractivity contribution >= 4 is 27.4 Å². The van der Waals surface area contributed by atoms with Crippen LogP contribution in [0.3, 0.4) is 0 Å². The smallest absolute Gasteiger partial charge is 0.211 e. The summed E-state index contributed by atoms with van der Waals surface area (Å²) < 4.78 is 24.2. The molecule has 0 bridgehead atoms. The van der Waals surface area contributed by atoms with Crippen molar-refractivity contribution in [1.82, 2.24) is 9.29 Å². The number of halogens is 1. The summed E-state index contributed by atoms with van der Waals surface area (Å²) in [5.41, 5.74) is 0. The number of rotatable bonds is 2. The summed E-state index contributed by atoms with van der Waals surface area (Å²) in [6, 6.07) is 3.56. The van der Waals surface area contributed by atoms with Crippen LogP contribution < -0.4 is 4.90 Å². The molecule has 0 atom stereocenters. The molecule has 7 heteroatoms. The fourth-order valence-electron chi connectivity index (χ4n) is 1.84. The summed E-state index contributed by atoms with van der Waals surface area (Å²) in [6.45, 7) is 2.19. The largest absolute Gasteiger partial charge is 0.353 e. The van der Waals surface area contributed by atoms with Gasteiger partial charge in [-0.1, -0.05) is 11.6 Å². The van der Waals surface area contributed by atoms with Gasteiger partial charge in [0.2, 0.25) is 10.0 Å². The number of nitrogens with zero attached hydrogens (tertiary/aromatic N) is 3. The Morgan fingerprint density at radius 2 is 1.94 bits per heavy atom. The Bertz CT molecular complexity index is 498. The van der Waals surface area contributed by atoms with Crippen LogP contribution in [0.15, 0.2) is 18.3 Å². The molecule has 17 heavy (non-hydrogen) atoms. The first-order valence-corrected chi connectivity index (χ1v) is 7.52. The van der Waals surface area contributed by atoms with Crippen LogP contribution in [0.5, 0.6) is 0 Å². The lowest BCUT2D eigenvalue weighted by atomic mass is 10.3. The molecule has 5 nitrogen and oxygen atoms in total. The molecule has 1 aliphatic heterocycles. The van der Waals surface area contributed by atoms with Crippen molar-refractivity contribution in [3.63, 3.8) is 0 Å².